The van der Waals surface area contributed by atoms with E-state index in [9.17, 15) is 9.59 Å². The van der Waals surface area contributed by atoms with Crippen LogP contribution in [0.1, 0.15) is 16.1 Å². The highest BCUT2D eigenvalue weighted by Gasteiger charge is 2.10. The molecular weight excluding hydrogens is 336 g/mol. The average molecular weight is 349 g/mol. The Balaban J connectivity index is 1.86. The predicted octanol–water partition coefficient (Wildman–Crippen LogP) is 2.95. The average Bonchev–Trinajstić information content (AvgIpc) is 2.45. The van der Waals surface area contributed by atoms with Crippen molar-refractivity contribution in [2.45, 2.75) is 6.92 Å². The number of hydrogen-bond acceptors (Lipinski definition) is 4. The van der Waals surface area contributed by atoms with Gasteiger partial charge in [0.25, 0.3) is 5.91 Å². The van der Waals surface area contributed by atoms with Crippen molar-refractivity contribution < 1.29 is 14.3 Å². The Kier molecular flexibility index (Phi) is 5.05. The van der Waals surface area contributed by atoms with Crippen molar-refractivity contribution in [2.24, 2.45) is 0 Å². The summed E-state index contributed by atoms with van der Waals surface area (Å²) < 4.78 is 5.78. The summed E-state index contributed by atoms with van der Waals surface area (Å²) in [4.78, 5) is 27.4. The van der Waals surface area contributed by atoms with Gasteiger partial charge in [-0.1, -0.05) is 22.0 Å². The first-order valence-corrected chi connectivity index (χ1v) is 6.99. The van der Waals surface area contributed by atoms with Crippen molar-refractivity contribution in [3.05, 3.63) is 58.3 Å². The van der Waals surface area contributed by atoms with Crippen molar-refractivity contribution in [3.63, 3.8) is 0 Å². The molecule has 2 aromatic rings. The number of halogens is 1. The number of carbonyl (C=O) groups is 2. The van der Waals surface area contributed by atoms with Crippen LogP contribution in [0.4, 0.5) is 5.69 Å². The first kappa shape index (κ1) is 15.2. The molecule has 0 saturated carbocycles. The van der Waals surface area contributed by atoms with Crippen LogP contribution in [0.2, 0.25) is 0 Å². The van der Waals surface area contributed by atoms with Crippen LogP contribution in [0.3, 0.4) is 0 Å². The molecule has 0 spiro atoms. The van der Waals surface area contributed by atoms with E-state index in [0.717, 1.165) is 10.2 Å². The minimum absolute atomic E-state index is 0.316. The summed E-state index contributed by atoms with van der Waals surface area (Å²) in [6.45, 7) is 1.47. The minimum Gasteiger partial charge on any atom is -0.452 e. The Bertz CT molecular complexity index is 656. The number of nitrogens with zero attached hydrogens (tertiary/aromatic N) is 1. The van der Waals surface area contributed by atoms with E-state index < -0.39 is 11.9 Å². The van der Waals surface area contributed by atoms with E-state index in [2.05, 4.69) is 26.2 Å². The van der Waals surface area contributed by atoms with Crippen LogP contribution in [0.25, 0.3) is 0 Å². The monoisotopic (exact) mass is 348 g/mol. The number of aromatic nitrogens is 1. The maximum atomic E-state index is 11.7. The number of pyridine rings is 1. The van der Waals surface area contributed by atoms with Crippen LogP contribution in [0, 0.1) is 6.92 Å². The van der Waals surface area contributed by atoms with Crippen LogP contribution in [0.5, 0.6) is 0 Å². The van der Waals surface area contributed by atoms with E-state index in [4.69, 9.17) is 4.74 Å². The van der Waals surface area contributed by atoms with E-state index >= 15 is 0 Å². The number of esters is 1. The smallest absolute Gasteiger partial charge is 0.340 e. The first-order valence-electron chi connectivity index (χ1n) is 6.20. The van der Waals surface area contributed by atoms with Gasteiger partial charge in [0.05, 0.1) is 5.56 Å². The van der Waals surface area contributed by atoms with Crippen molar-refractivity contribution in [1.82, 2.24) is 4.98 Å². The molecule has 0 aliphatic rings. The van der Waals surface area contributed by atoms with Gasteiger partial charge in [0, 0.05) is 22.1 Å². The molecule has 2 rings (SSSR count). The Morgan fingerprint density at radius 1 is 1.29 bits per heavy atom. The number of rotatable bonds is 4. The summed E-state index contributed by atoms with van der Waals surface area (Å²) in [5.41, 5.74) is 1.75. The molecule has 0 fully saturated rings. The van der Waals surface area contributed by atoms with E-state index in [-0.39, 0.29) is 6.61 Å². The van der Waals surface area contributed by atoms with E-state index in [1.54, 1.807) is 30.3 Å². The zero-order valence-corrected chi connectivity index (χ0v) is 12.9. The van der Waals surface area contributed by atoms with Gasteiger partial charge in [-0.05, 0) is 37.3 Å². The van der Waals surface area contributed by atoms with Crippen molar-refractivity contribution in [3.8, 4) is 0 Å². The fraction of sp³-hybridized carbons (Fsp3) is 0.133. The zero-order chi connectivity index (χ0) is 15.2. The van der Waals surface area contributed by atoms with Crippen molar-refractivity contribution in [2.75, 3.05) is 11.9 Å². The van der Waals surface area contributed by atoms with Gasteiger partial charge in [-0.3, -0.25) is 9.78 Å². The number of anilines is 1. The number of benzene rings is 1. The lowest BCUT2D eigenvalue weighted by molar-refractivity contribution is -0.119. The topological polar surface area (TPSA) is 68.3 Å². The quantitative estimate of drug-likeness (QED) is 0.862. The van der Waals surface area contributed by atoms with Crippen molar-refractivity contribution >= 4 is 33.5 Å². The van der Waals surface area contributed by atoms with Crippen LogP contribution < -0.4 is 5.32 Å². The van der Waals surface area contributed by atoms with E-state index in [1.165, 1.54) is 6.20 Å². The van der Waals surface area contributed by atoms with Gasteiger partial charge >= 0.3 is 5.97 Å². The third-order valence-electron chi connectivity index (χ3n) is 2.59. The molecular formula is C15H13BrN2O3. The lowest BCUT2D eigenvalue weighted by atomic mass is 10.2. The molecule has 5 nitrogen and oxygen atoms in total. The molecule has 1 heterocycles. The van der Waals surface area contributed by atoms with Gasteiger partial charge in [-0.15, -0.1) is 0 Å². The Labute approximate surface area is 130 Å². The predicted molar refractivity (Wildman–Crippen MR) is 82.0 cm³/mol. The third kappa shape index (κ3) is 4.68. The maximum absolute atomic E-state index is 11.7. The summed E-state index contributed by atoms with van der Waals surface area (Å²) in [6, 6.07) is 10.5. The molecule has 0 bridgehead atoms. The van der Waals surface area contributed by atoms with Gasteiger partial charge < -0.3 is 10.1 Å². The molecule has 0 saturated heterocycles. The fourth-order valence-electron chi connectivity index (χ4n) is 1.57. The molecule has 0 aliphatic heterocycles. The van der Waals surface area contributed by atoms with Crippen molar-refractivity contribution in [1.29, 1.82) is 0 Å². The number of aryl methyl sites for hydroxylation is 1. The molecule has 0 unspecified atom stereocenters. The van der Waals surface area contributed by atoms with Gasteiger partial charge in [0.2, 0.25) is 0 Å². The lowest BCUT2D eigenvalue weighted by Gasteiger charge is -2.07. The molecule has 1 N–H and O–H groups in total. The third-order valence-corrected chi connectivity index (χ3v) is 3.08. The molecule has 1 aromatic heterocycles. The SMILES string of the molecule is Cc1ccc(C(=O)OCC(=O)Nc2cccc(Br)c2)cn1. The first-order chi connectivity index (χ1) is 10.0. The number of hydrogen-bond donors (Lipinski definition) is 1. The molecule has 1 amide bonds. The van der Waals surface area contributed by atoms with Crippen LogP contribution in [0.15, 0.2) is 47.1 Å². The summed E-state index contributed by atoms with van der Waals surface area (Å²) in [6.07, 6.45) is 1.42. The van der Waals surface area contributed by atoms with Gasteiger partial charge in [0.15, 0.2) is 6.61 Å². The Morgan fingerprint density at radius 2 is 2.10 bits per heavy atom. The highest BCUT2D eigenvalue weighted by molar-refractivity contribution is 9.10. The number of carbonyl (C=O) groups excluding carboxylic acids is 2. The minimum atomic E-state index is -0.577. The lowest BCUT2D eigenvalue weighted by Crippen LogP contribution is -2.21. The molecule has 108 valence electrons. The van der Waals surface area contributed by atoms with Crippen LogP contribution in [-0.2, 0) is 9.53 Å². The van der Waals surface area contributed by atoms with E-state index in [1.807, 2.05) is 13.0 Å². The standard InChI is InChI=1S/C15H13BrN2O3/c1-10-5-6-11(8-17-10)15(20)21-9-14(19)18-13-4-2-3-12(16)7-13/h2-8H,9H2,1H3,(H,18,19). The number of nitrogens with one attached hydrogen (secondary N) is 1. The van der Waals surface area contributed by atoms with Gasteiger partial charge in [-0.2, -0.15) is 0 Å². The molecule has 1 aromatic carbocycles. The second-order valence-corrected chi connectivity index (χ2v) is 5.24. The molecule has 0 radical (unpaired) electrons. The second-order valence-electron chi connectivity index (χ2n) is 4.32. The second kappa shape index (κ2) is 6.99. The number of amides is 1. The summed E-state index contributed by atoms with van der Waals surface area (Å²) in [5, 5.41) is 2.64. The van der Waals surface area contributed by atoms with Crippen LogP contribution >= 0.6 is 15.9 Å². The largest absolute Gasteiger partial charge is 0.452 e. The fourth-order valence-corrected chi connectivity index (χ4v) is 1.97. The zero-order valence-electron chi connectivity index (χ0n) is 11.3. The highest BCUT2D eigenvalue weighted by atomic mass is 79.9. The molecule has 0 aliphatic carbocycles. The summed E-state index contributed by atoms with van der Waals surface area (Å²) >= 11 is 3.31. The summed E-state index contributed by atoms with van der Waals surface area (Å²) in [5.74, 6) is -0.978. The number of ether oxygens (including phenoxy) is 1. The van der Waals surface area contributed by atoms with Crippen LogP contribution in [-0.4, -0.2) is 23.5 Å². The normalized spacial score (nSPS) is 10.0. The van der Waals surface area contributed by atoms with Gasteiger partial charge in [0.1, 0.15) is 0 Å². The van der Waals surface area contributed by atoms with E-state index in [0.29, 0.717) is 11.3 Å². The molecule has 21 heavy (non-hydrogen) atoms. The summed E-state index contributed by atoms with van der Waals surface area (Å²) in [7, 11) is 0. The molecule has 0 atom stereocenters. The molecule has 6 heteroatoms. The maximum Gasteiger partial charge on any atom is 0.340 e. The highest BCUT2D eigenvalue weighted by Crippen LogP contribution is 2.15. The van der Waals surface area contributed by atoms with Gasteiger partial charge in [-0.25, -0.2) is 4.79 Å². The Hall–Kier alpha value is -2.21. The Morgan fingerprint density at radius 3 is 2.76 bits per heavy atom.